The summed E-state index contributed by atoms with van der Waals surface area (Å²) >= 11 is 6.19. The molecule has 1 fully saturated rings. The maximum Gasteiger partial charge on any atom is 0.172 e. The summed E-state index contributed by atoms with van der Waals surface area (Å²) in [5.74, 6) is -0.395. The minimum atomic E-state index is -0.452. The molecule has 0 spiro atoms. The normalized spacial score (nSPS) is 14.8. The second-order valence-corrected chi connectivity index (χ2v) is 7.87. The Morgan fingerprint density at radius 2 is 1.94 bits per heavy atom. The topological polar surface area (TPSA) is 54.3 Å². The first kappa shape index (κ1) is 21.4. The number of hydrogen-bond donors (Lipinski definition) is 0. The van der Waals surface area contributed by atoms with Gasteiger partial charge in [-0.1, -0.05) is 11.6 Å². The number of piperazine rings is 1. The highest BCUT2D eigenvalue weighted by molar-refractivity contribution is 6.32. The molecule has 31 heavy (non-hydrogen) atoms. The van der Waals surface area contributed by atoms with Crippen molar-refractivity contribution in [1.82, 2.24) is 19.7 Å². The van der Waals surface area contributed by atoms with Crippen LogP contribution in [-0.4, -0.2) is 58.2 Å². The fourth-order valence-electron chi connectivity index (χ4n) is 3.76. The molecule has 162 valence electrons. The van der Waals surface area contributed by atoms with Crippen LogP contribution in [0.1, 0.15) is 22.5 Å². The van der Waals surface area contributed by atoms with Gasteiger partial charge >= 0.3 is 0 Å². The molecule has 0 N–H and O–H groups in total. The van der Waals surface area contributed by atoms with E-state index in [1.165, 1.54) is 6.07 Å². The number of carbonyl (C=O) groups excluding carboxylic acids is 1. The quantitative estimate of drug-likeness (QED) is 0.538. The lowest BCUT2D eigenvalue weighted by molar-refractivity contribution is 0.0962. The van der Waals surface area contributed by atoms with Gasteiger partial charge in [0.1, 0.15) is 11.6 Å². The highest BCUT2D eigenvalue weighted by atomic mass is 35.5. The minimum Gasteiger partial charge on any atom is -0.367 e. The maximum absolute atomic E-state index is 14.0. The summed E-state index contributed by atoms with van der Waals surface area (Å²) < 4.78 is 29.0. The molecule has 3 heterocycles. The molecule has 0 aliphatic carbocycles. The Kier molecular flexibility index (Phi) is 6.29. The third-order valence-corrected chi connectivity index (χ3v) is 5.82. The van der Waals surface area contributed by atoms with Crippen molar-refractivity contribution in [3.05, 3.63) is 70.6 Å². The smallest absolute Gasteiger partial charge is 0.172 e. The zero-order valence-corrected chi connectivity index (χ0v) is 17.8. The number of rotatable bonds is 6. The van der Waals surface area contributed by atoms with Crippen molar-refractivity contribution >= 4 is 23.1 Å². The molecule has 4 rings (SSSR count). The number of halogens is 3. The molecule has 9 heteroatoms. The zero-order chi connectivity index (χ0) is 22.0. The van der Waals surface area contributed by atoms with Crippen LogP contribution in [-0.2, 0) is 0 Å². The molecule has 1 aromatic carbocycles. The second-order valence-electron chi connectivity index (χ2n) is 7.46. The molecule has 0 bridgehead atoms. The van der Waals surface area contributed by atoms with Crippen molar-refractivity contribution in [3.63, 3.8) is 0 Å². The van der Waals surface area contributed by atoms with Crippen LogP contribution in [0.2, 0.25) is 5.02 Å². The van der Waals surface area contributed by atoms with Crippen molar-refractivity contribution in [2.24, 2.45) is 0 Å². The van der Waals surface area contributed by atoms with Gasteiger partial charge in [-0.05, 0) is 31.2 Å². The molecular weight excluding hydrogens is 424 g/mol. The summed E-state index contributed by atoms with van der Waals surface area (Å²) in [6.45, 7) is 4.90. The third-order valence-electron chi connectivity index (χ3n) is 5.53. The highest BCUT2D eigenvalue weighted by Crippen LogP contribution is 2.23. The van der Waals surface area contributed by atoms with E-state index in [1.54, 1.807) is 29.2 Å². The third kappa shape index (κ3) is 4.60. The predicted octanol–water partition coefficient (Wildman–Crippen LogP) is 3.90. The summed E-state index contributed by atoms with van der Waals surface area (Å²) in [5.41, 5.74) is 1.52. The Bertz CT molecular complexity index is 1100. The van der Waals surface area contributed by atoms with E-state index in [2.05, 4.69) is 15.0 Å². The molecule has 0 unspecified atom stereocenters. The van der Waals surface area contributed by atoms with Gasteiger partial charge in [-0.15, -0.1) is 0 Å². The Labute approximate surface area is 184 Å². The van der Waals surface area contributed by atoms with E-state index in [1.807, 2.05) is 11.8 Å². The van der Waals surface area contributed by atoms with Crippen molar-refractivity contribution in [2.75, 3.05) is 37.6 Å². The first-order valence-electron chi connectivity index (χ1n) is 10.0. The van der Waals surface area contributed by atoms with E-state index in [4.69, 9.17) is 11.6 Å². The molecule has 0 radical (unpaired) electrons. The van der Waals surface area contributed by atoms with E-state index >= 15 is 0 Å². The lowest BCUT2D eigenvalue weighted by Gasteiger charge is -2.36. The first-order valence-corrected chi connectivity index (χ1v) is 10.4. The Morgan fingerprint density at radius 1 is 1.16 bits per heavy atom. The molecule has 1 aliphatic heterocycles. The van der Waals surface area contributed by atoms with Gasteiger partial charge < -0.3 is 4.90 Å². The SMILES string of the molecule is Cc1c(C(=O)CCN2CCN(c3cc(F)ccc3F)CC2)cnn1-c1ncccc1Cl. The minimum absolute atomic E-state index is 0.00518. The molecule has 0 atom stereocenters. The lowest BCUT2D eigenvalue weighted by Crippen LogP contribution is -2.47. The number of carbonyl (C=O) groups is 1. The van der Waals surface area contributed by atoms with Crippen molar-refractivity contribution in [3.8, 4) is 5.82 Å². The summed E-state index contributed by atoms with van der Waals surface area (Å²) in [6.07, 6.45) is 3.52. The molecular formula is C22H22ClF2N5O. The van der Waals surface area contributed by atoms with Crippen LogP contribution in [0, 0.1) is 18.6 Å². The van der Waals surface area contributed by atoms with Crippen LogP contribution in [0.4, 0.5) is 14.5 Å². The number of Topliss-reactive ketones (excluding diaryl/α,β-unsaturated/α-hetero) is 1. The van der Waals surface area contributed by atoms with Gasteiger partial charge in [0.15, 0.2) is 11.6 Å². The van der Waals surface area contributed by atoms with Crippen LogP contribution in [0.25, 0.3) is 5.82 Å². The average molecular weight is 446 g/mol. The van der Waals surface area contributed by atoms with E-state index in [9.17, 15) is 13.6 Å². The number of hydrogen-bond acceptors (Lipinski definition) is 5. The fraction of sp³-hybridized carbons (Fsp3) is 0.318. The molecule has 0 saturated carbocycles. The molecule has 1 saturated heterocycles. The van der Waals surface area contributed by atoms with Gasteiger partial charge in [-0.25, -0.2) is 18.4 Å². The standard InChI is InChI=1S/C22H22ClF2N5O/c1-15-17(14-27-30(15)22-18(23)3-2-7-26-22)21(31)6-8-28-9-11-29(12-10-28)20-13-16(24)4-5-19(20)25/h2-5,7,13-14H,6,8-12H2,1H3. The molecule has 3 aromatic rings. The Balaban J connectivity index is 1.34. The van der Waals surface area contributed by atoms with Gasteiger partial charge in [0.25, 0.3) is 0 Å². The van der Waals surface area contributed by atoms with E-state index in [0.717, 1.165) is 12.1 Å². The van der Waals surface area contributed by atoms with Gasteiger partial charge in [0.05, 0.1) is 28.2 Å². The van der Waals surface area contributed by atoms with Crippen LogP contribution >= 0.6 is 11.6 Å². The first-order chi connectivity index (χ1) is 14.9. The number of aromatic nitrogens is 3. The summed E-state index contributed by atoms with van der Waals surface area (Å²) in [5, 5.41) is 4.74. The maximum atomic E-state index is 14.0. The number of nitrogens with zero attached hydrogens (tertiary/aromatic N) is 5. The van der Waals surface area contributed by atoms with Gasteiger partial charge in [-0.2, -0.15) is 5.10 Å². The number of anilines is 1. The molecule has 6 nitrogen and oxygen atoms in total. The van der Waals surface area contributed by atoms with E-state index in [-0.39, 0.29) is 11.5 Å². The lowest BCUT2D eigenvalue weighted by atomic mass is 10.1. The number of benzene rings is 1. The molecule has 1 aliphatic rings. The van der Waals surface area contributed by atoms with Crippen molar-refractivity contribution in [2.45, 2.75) is 13.3 Å². The van der Waals surface area contributed by atoms with Gasteiger partial charge in [-0.3, -0.25) is 9.69 Å². The second kappa shape index (κ2) is 9.11. The van der Waals surface area contributed by atoms with Gasteiger partial charge in [0, 0.05) is 51.4 Å². The molecule has 2 aromatic heterocycles. The number of ketones is 1. The van der Waals surface area contributed by atoms with Crippen LogP contribution in [0.15, 0.2) is 42.7 Å². The summed E-state index contributed by atoms with van der Waals surface area (Å²) in [7, 11) is 0. The largest absolute Gasteiger partial charge is 0.367 e. The van der Waals surface area contributed by atoms with Crippen LogP contribution in [0.3, 0.4) is 0 Å². The van der Waals surface area contributed by atoms with Crippen molar-refractivity contribution < 1.29 is 13.6 Å². The average Bonchev–Trinajstić information content (AvgIpc) is 3.15. The van der Waals surface area contributed by atoms with Crippen molar-refractivity contribution in [1.29, 1.82) is 0 Å². The highest BCUT2D eigenvalue weighted by Gasteiger charge is 2.22. The summed E-state index contributed by atoms with van der Waals surface area (Å²) in [4.78, 5) is 21.0. The Morgan fingerprint density at radius 3 is 2.68 bits per heavy atom. The monoisotopic (exact) mass is 445 g/mol. The van der Waals surface area contributed by atoms with Crippen LogP contribution in [0.5, 0.6) is 0 Å². The molecule has 0 amide bonds. The van der Waals surface area contributed by atoms with E-state index < -0.39 is 11.6 Å². The summed E-state index contributed by atoms with van der Waals surface area (Å²) in [6, 6.07) is 6.95. The van der Waals surface area contributed by atoms with Crippen LogP contribution < -0.4 is 4.90 Å². The Hall–Kier alpha value is -2.84. The fourth-order valence-corrected chi connectivity index (χ4v) is 3.97. The number of pyridine rings is 1. The predicted molar refractivity (Wildman–Crippen MR) is 115 cm³/mol. The zero-order valence-electron chi connectivity index (χ0n) is 17.1. The van der Waals surface area contributed by atoms with E-state index in [0.29, 0.717) is 61.2 Å². The van der Waals surface area contributed by atoms with Gasteiger partial charge in [0.2, 0.25) is 0 Å².